The fourth-order valence-electron chi connectivity index (χ4n) is 1.94. The van der Waals surface area contributed by atoms with Crippen LogP contribution < -0.4 is 9.80 Å². The molecule has 0 saturated carbocycles. The SMILES string of the molecule is O=C1N2OC13Oc1cccc2c13. The minimum atomic E-state index is -1.02. The molecule has 0 aromatic heterocycles. The number of carbonyl (C=O) groups excluding carboxylic acids is 1. The minimum Gasteiger partial charge on any atom is -0.447 e. The molecule has 1 aromatic rings. The summed E-state index contributed by atoms with van der Waals surface area (Å²) in [5.74, 6) is -0.358. The molecule has 1 spiro atoms. The predicted molar refractivity (Wildman–Crippen MR) is 37.3 cm³/mol. The lowest BCUT2D eigenvalue weighted by molar-refractivity contribution is -0.257. The zero-order valence-corrected chi connectivity index (χ0v) is 5.90. The van der Waals surface area contributed by atoms with Gasteiger partial charge in [0.1, 0.15) is 11.3 Å². The maximum atomic E-state index is 11.3. The van der Waals surface area contributed by atoms with Gasteiger partial charge in [-0.3, -0.25) is 4.79 Å². The van der Waals surface area contributed by atoms with Crippen LogP contribution in [-0.2, 0) is 15.4 Å². The van der Waals surface area contributed by atoms with Crippen molar-refractivity contribution in [3.63, 3.8) is 0 Å². The van der Waals surface area contributed by atoms with Gasteiger partial charge < -0.3 is 4.74 Å². The van der Waals surface area contributed by atoms with Crippen LogP contribution in [0, 0.1) is 0 Å². The van der Waals surface area contributed by atoms with E-state index in [9.17, 15) is 4.79 Å². The van der Waals surface area contributed by atoms with E-state index in [1.807, 2.05) is 18.2 Å². The first kappa shape index (κ1) is 5.16. The van der Waals surface area contributed by atoms with E-state index in [0.29, 0.717) is 0 Å². The summed E-state index contributed by atoms with van der Waals surface area (Å²) in [4.78, 5) is 16.5. The number of anilines is 1. The second-order valence-corrected chi connectivity index (χ2v) is 3.06. The van der Waals surface area contributed by atoms with Crippen molar-refractivity contribution in [2.24, 2.45) is 0 Å². The van der Waals surface area contributed by atoms with Crippen LogP contribution >= 0.6 is 0 Å². The van der Waals surface area contributed by atoms with E-state index in [4.69, 9.17) is 9.57 Å². The second kappa shape index (κ2) is 1.13. The molecule has 4 heterocycles. The molecule has 4 nitrogen and oxygen atoms in total. The Morgan fingerprint density at radius 2 is 2.33 bits per heavy atom. The third kappa shape index (κ3) is 0.260. The van der Waals surface area contributed by atoms with Crippen LogP contribution in [0.4, 0.5) is 5.69 Å². The molecule has 4 heteroatoms. The first-order valence-corrected chi connectivity index (χ1v) is 3.69. The number of amides is 1. The molecule has 5 rings (SSSR count). The van der Waals surface area contributed by atoms with Gasteiger partial charge in [-0.05, 0) is 12.1 Å². The Hall–Kier alpha value is -1.55. The lowest BCUT2D eigenvalue weighted by Crippen LogP contribution is -2.62. The third-order valence-electron chi connectivity index (χ3n) is 2.49. The van der Waals surface area contributed by atoms with E-state index in [-0.39, 0.29) is 5.91 Å². The number of rotatable bonds is 0. The molecule has 1 fully saturated rings. The summed E-state index contributed by atoms with van der Waals surface area (Å²) in [6.45, 7) is 0. The standard InChI is InChI=1S/C8H3NO3/c10-7-8-6-4(9(7)12-8)2-1-3-5(6)11-8/h1-3H. The van der Waals surface area contributed by atoms with Crippen LogP contribution in [0.3, 0.4) is 0 Å². The highest BCUT2D eigenvalue weighted by atomic mass is 16.9. The fraction of sp³-hybridized carbons (Fsp3) is 0.125. The Bertz CT molecular complexity index is 442. The fourth-order valence-corrected chi connectivity index (χ4v) is 1.94. The smallest absolute Gasteiger partial charge is 0.348 e. The van der Waals surface area contributed by atoms with E-state index in [1.165, 1.54) is 5.06 Å². The van der Waals surface area contributed by atoms with Gasteiger partial charge in [-0.15, -0.1) is 0 Å². The summed E-state index contributed by atoms with van der Waals surface area (Å²) < 4.78 is 5.24. The normalized spacial score (nSPS) is 32.0. The topological polar surface area (TPSA) is 38.8 Å². The minimum absolute atomic E-state index is 0.101. The van der Waals surface area contributed by atoms with Crippen LogP contribution in [0.25, 0.3) is 0 Å². The molecule has 1 amide bonds. The Balaban J connectivity index is 2.19. The van der Waals surface area contributed by atoms with Crippen LogP contribution in [0.15, 0.2) is 18.2 Å². The summed E-state index contributed by atoms with van der Waals surface area (Å²) in [5.41, 5.74) is 1.73. The first-order valence-electron chi connectivity index (χ1n) is 3.69. The molecule has 4 aliphatic rings. The average molecular weight is 161 g/mol. The molecule has 4 aliphatic heterocycles. The first-order chi connectivity index (χ1) is 5.83. The average Bonchev–Trinajstić information content (AvgIpc) is 2.45. The van der Waals surface area contributed by atoms with E-state index >= 15 is 0 Å². The van der Waals surface area contributed by atoms with Gasteiger partial charge in [0, 0.05) is 0 Å². The highest BCUT2D eigenvalue weighted by Gasteiger charge is 2.74. The van der Waals surface area contributed by atoms with Gasteiger partial charge in [0.2, 0.25) is 0 Å². The van der Waals surface area contributed by atoms with Crippen molar-refractivity contribution in [2.45, 2.75) is 5.79 Å². The zero-order valence-electron chi connectivity index (χ0n) is 5.90. The molecule has 58 valence electrons. The quantitative estimate of drug-likeness (QED) is 0.556. The van der Waals surface area contributed by atoms with Gasteiger partial charge in [-0.1, -0.05) is 6.07 Å². The summed E-state index contributed by atoms with van der Waals surface area (Å²) >= 11 is 0. The molecule has 1 saturated heterocycles. The monoisotopic (exact) mass is 161 g/mol. The number of hydrogen-bond acceptors (Lipinski definition) is 3. The summed E-state index contributed by atoms with van der Waals surface area (Å²) in [6, 6.07) is 5.54. The van der Waals surface area contributed by atoms with Crippen LogP contribution in [0.5, 0.6) is 5.75 Å². The molecular formula is C8H3NO3. The molecule has 2 bridgehead atoms. The summed E-state index contributed by atoms with van der Waals surface area (Å²) in [5, 5.41) is 1.28. The summed E-state index contributed by atoms with van der Waals surface area (Å²) in [7, 11) is 0. The number of hydroxylamine groups is 1. The van der Waals surface area contributed by atoms with Crippen molar-refractivity contribution in [1.29, 1.82) is 0 Å². The predicted octanol–water partition coefficient (Wildman–Crippen LogP) is 0.524. The van der Waals surface area contributed by atoms with Gasteiger partial charge >= 0.3 is 11.7 Å². The van der Waals surface area contributed by atoms with Crippen molar-refractivity contribution in [2.75, 3.05) is 5.06 Å². The van der Waals surface area contributed by atoms with Crippen molar-refractivity contribution in [3.8, 4) is 5.75 Å². The maximum absolute atomic E-state index is 11.3. The Labute approximate surface area is 67.2 Å². The lowest BCUT2D eigenvalue weighted by Gasteiger charge is -2.41. The molecule has 12 heavy (non-hydrogen) atoms. The van der Waals surface area contributed by atoms with Crippen LogP contribution in [0.2, 0.25) is 0 Å². The molecule has 1 unspecified atom stereocenters. The van der Waals surface area contributed by atoms with Crippen LogP contribution in [-0.4, -0.2) is 5.91 Å². The van der Waals surface area contributed by atoms with E-state index in [1.54, 1.807) is 0 Å². The highest BCUT2D eigenvalue weighted by molar-refractivity contribution is 6.11. The van der Waals surface area contributed by atoms with Gasteiger partial charge in [0.05, 0.1) is 5.69 Å². The molecule has 0 aliphatic carbocycles. The Morgan fingerprint density at radius 1 is 1.42 bits per heavy atom. The van der Waals surface area contributed by atoms with E-state index in [2.05, 4.69) is 0 Å². The lowest BCUT2D eigenvalue weighted by atomic mass is 10.0. The molecule has 1 atom stereocenters. The van der Waals surface area contributed by atoms with E-state index in [0.717, 1.165) is 17.0 Å². The van der Waals surface area contributed by atoms with Crippen molar-refractivity contribution in [1.82, 2.24) is 0 Å². The largest absolute Gasteiger partial charge is 0.447 e. The van der Waals surface area contributed by atoms with Gasteiger partial charge in [0.25, 0.3) is 0 Å². The number of hydrogen-bond donors (Lipinski definition) is 0. The van der Waals surface area contributed by atoms with Gasteiger partial charge in [-0.2, -0.15) is 5.06 Å². The number of benzene rings is 1. The molecular weight excluding hydrogens is 158 g/mol. The summed E-state index contributed by atoms with van der Waals surface area (Å²) in [6.07, 6.45) is 0. The van der Waals surface area contributed by atoms with Gasteiger partial charge in [0.15, 0.2) is 0 Å². The van der Waals surface area contributed by atoms with Crippen molar-refractivity contribution in [3.05, 3.63) is 23.8 Å². The molecule has 0 N–H and O–H groups in total. The zero-order chi connectivity index (χ0) is 7.92. The Morgan fingerprint density at radius 3 is 3.08 bits per heavy atom. The highest BCUT2D eigenvalue weighted by Crippen LogP contribution is 2.62. The number of carbonyl (C=O) groups is 1. The maximum Gasteiger partial charge on any atom is 0.348 e. The molecule has 1 aromatic carbocycles. The van der Waals surface area contributed by atoms with E-state index < -0.39 is 5.79 Å². The third-order valence-corrected chi connectivity index (χ3v) is 2.49. The van der Waals surface area contributed by atoms with Crippen molar-refractivity contribution < 1.29 is 14.4 Å². The second-order valence-electron chi connectivity index (χ2n) is 3.06. The van der Waals surface area contributed by atoms with Crippen molar-refractivity contribution >= 4 is 11.6 Å². The Kier molecular flexibility index (Phi) is 0.485. The van der Waals surface area contributed by atoms with Crippen LogP contribution in [0.1, 0.15) is 5.56 Å². The van der Waals surface area contributed by atoms with Gasteiger partial charge in [-0.25, -0.2) is 4.84 Å². The number of nitrogens with zero attached hydrogens (tertiary/aromatic N) is 1. The molecule has 0 radical (unpaired) electrons. The number of ether oxygens (including phenoxy) is 1.